The van der Waals surface area contributed by atoms with E-state index in [1.54, 1.807) is 6.07 Å². The molecule has 2 atom stereocenters. The predicted octanol–water partition coefficient (Wildman–Crippen LogP) is 2.48. The number of hydrogen-bond acceptors (Lipinski definition) is 3. The standard InChI is InChI=1S/C15H24N2O/c1-12(14-8-4-5-9-15(14)18)17(3)13-7-6-10-16(2)11-13/h4-5,8-9,12-13,18H,6-7,10-11H2,1-3H3. The third-order valence-electron chi connectivity index (χ3n) is 4.17. The van der Waals surface area contributed by atoms with Crippen molar-refractivity contribution in [3.05, 3.63) is 29.8 Å². The lowest BCUT2D eigenvalue weighted by Crippen LogP contribution is -2.45. The van der Waals surface area contributed by atoms with Gasteiger partial charge < -0.3 is 10.0 Å². The van der Waals surface area contributed by atoms with Crippen molar-refractivity contribution in [2.45, 2.75) is 31.8 Å². The number of piperidine rings is 1. The molecule has 0 aliphatic carbocycles. The Labute approximate surface area is 110 Å². The van der Waals surface area contributed by atoms with E-state index in [1.807, 2.05) is 18.2 Å². The normalized spacial score (nSPS) is 23.2. The summed E-state index contributed by atoms with van der Waals surface area (Å²) in [4.78, 5) is 4.78. The molecule has 1 aromatic rings. The van der Waals surface area contributed by atoms with E-state index in [0.29, 0.717) is 11.8 Å². The minimum absolute atomic E-state index is 0.252. The summed E-state index contributed by atoms with van der Waals surface area (Å²) >= 11 is 0. The summed E-state index contributed by atoms with van der Waals surface area (Å²) in [5, 5.41) is 9.94. The van der Waals surface area contributed by atoms with E-state index in [2.05, 4.69) is 30.8 Å². The highest BCUT2D eigenvalue weighted by Crippen LogP contribution is 2.30. The first kappa shape index (κ1) is 13.4. The molecule has 1 fully saturated rings. The van der Waals surface area contributed by atoms with Crippen molar-refractivity contribution in [2.75, 3.05) is 27.2 Å². The molecule has 1 aliphatic rings. The van der Waals surface area contributed by atoms with Crippen LogP contribution in [0.4, 0.5) is 0 Å². The van der Waals surface area contributed by atoms with Gasteiger partial charge in [-0.3, -0.25) is 4.90 Å². The fourth-order valence-corrected chi connectivity index (χ4v) is 2.85. The summed E-state index contributed by atoms with van der Waals surface area (Å²) in [6, 6.07) is 8.49. The van der Waals surface area contributed by atoms with Gasteiger partial charge in [-0.15, -0.1) is 0 Å². The van der Waals surface area contributed by atoms with Gasteiger partial charge in [-0.05, 0) is 46.5 Å². The molecule has 18 heavy (non-hydrogen) atoms. The third kappa shape index (κ3) is 2.85. The highest BCUT2D eigenvalue weighted by atomic mass is 16.3. The molecule has 1 aliphatic heterocycles. The number of para-hydroxylation sites is 1. The van der Waals surface area contributed by atoms with Crippen LogP contribution in [-0.4, -0.2) is 48.1 Å². The fourth-order valence-electron chi connectivity index (χ4n) is 2.85. The molecular formula is C15H24N2O. The molecule has 2 unspecified atom stereocenters. The summed E-state index contributed by atoms with van der Waals surface area (Å²) in [7, 11) is 4.35. The van der Waals surface area contributed by atoms with Crippen LogP contribution in [0, 0.1) is 0 Å². The Morgan fingerprint density at radius 1 is 1.39 bits per heavy atom. The van der Waals surface area contributed by atoms with E-state index in [1.165, 1.54) is 19.4 Å². The molecule has 0 bridgehead atoms. The van der Waals surface area contributed by atoms with Crippen LogP contribution in [-0.2, 0) is 0 Å². The smallest absolute Gasteiger partial charge is 0.120 e. The number of likely N-dealkylation sites (tertiary alicyclic amines) is 1. The summed E-state index contributed by atoms with van der Waals surface area (Å²) in [6.07, 6.45) is 2.51. The first-order valence-corrected chi connectivity index (χ1v) is 6.78. The maximum atomic E-state index is 9.94. The first-order chi connectivity index (χ1) is 8.59. The Hall–Kier alpha value is -1.06. The van der Waals surface area contributed by atoms with Crippen LogP contribution in [0.5, 0.6) is 5.75 Å². The van der Waals surface area contributed by atoms with Crippen molar-refractivity contribution in [2.24, 2.45) is 0 Å². The van der Waals surface area contributed by atoms with Gasteiger partial charge in [0, 0.05) is 24.2 Å². The van der Waals surface area contributed by atoms with Crippen LogP contribution in [0.15, 0.2) is 24.3 Å². The number of likely N-dealkylation sites (N-methyl/N-ethyl adjacent to an activating group) is 2. The number of aromatic hydroxyl groups is 1. The van der Waals surface area contributed by atoms with E-state index < -0.39 is 0 Å². The van der Waals surface area contributed by atoms with E-state index in [0.717, 1.165) is 12.1 Å². The number of phenolic OH excluding ortho intramolecular Hbond substituents is 1. The third-order valence-corrected chi connectivity index (χ3v) is 4.17. The SMILES string of the molecule is CC(c1ccccc1O)N(C)C1CCCN(C)C1. The first-order valence-electron chi connectivity index (χ1n) is 6.78. The second-order valence-corrected chi connectivity index (χ2v) is 5.46. The van der Waals surface area contributed by atoms with Gasteiger partial charge in [-0.1, -0.05) is 18.2 Å². The molecular weight excluding hydrogens is 224 g/mol. The summed E-state index contributed by atoms with van der Waals surface area (Å²) in [5.74, 6) is 0.404. The molecule has 0 saturated carbocycles. The van der Waals surface area contributed by atoms with Crippen molar-refractivity contribution < 1.29 is 5.11 Å². The molecule has 0 spiro atoms. The lowest BCUT2D eigenvalue weighted by Gasteiger charge is -2.39. The van der Waals surface area contributed by atoms with Crippen LogP contribution in [0.1, 0.15) is 31.4 Å². The number of hydrogen-bond donors (Lipinski definition) is 1. The Bertz CT molecular complexity index is 394. The molecule has 0 amide bonds. The Balaban J connectivity index is 2.08. The van der Waals surface area contributed by atoms with E-state index in [4.69, 9.17) is 0 Å². The zero-order chi connectivity index (χ0) is 13.1. The zero-order valence-electron chi connectivity index (χ0n) is 11.6. The highest BCUT2D eigenvalue weighted by Gasteiger charge is 2.25. The van der Waals surface area contributed by atoms with Crippen molar-refractivity contribution in [3.63, 3.8) is 0 Å². The average Bonchev–Trinajstić information content (AvgIpc) is 2.37. The van der Waals surface area contributed by atoms with Crippen LogP contribution < -0.4 is 0 Å². The molecule has 0 aromatic heterocycles. The number of phenols is 1. The number of rotatable bonds is 3. The zero-order valence-corrected chi connectivity index (χ0v) is 11.6. The van der Waals surface area contributed by atoms with Gasteiger partial charge in [0.1, 0.15) is 5.75 Å². The molecule has 0 radical (unpaired) electrons. The van der Waals surface area contributed by atoms with Crippen molar-refractivity contribution in [1.82, 2.24) is 9.80 Å². The molecule has 1 N–H and O–H groups in total. The van der Waals surface area contributed by atoms with Gasteiger partial charge in [-0.25, -0.2) is 0 Å². The molecule has 3 heteroatoms. The minimum atomic E-state index is 0.252. The van der Waals surface area contributed by atoms with Gasteiger partial charge >= 0.3 is 0 Å². The Kier molecular flexibility index (Phi) is 4.25. The van der Waals surface area contributed by atoms with Crippen LogP contribution >= 0.6 is 0 Å². The highest BCUT2D eigenvalue weighted by molar-refractivity contribution is 5.34. The lowest BCUT2D eigenvalue weighted by molar-refractivity contribution is 0.104. The van der Waals surface area contributed by atoms with Crippen molar-refractivity contribution in [1.29, 1.82) is 0 Å². The van der Waals surface area contributed by atoms with E-state index in [9.17, 15) is 5.11 Å². The topological polar surface area (TPSA) is 26.7 Å². The van der Waals surface area contributed by atoms with E-state index >= 15 is 0 Å². The summed E-state index contributed by atoms with van der Waals surface area (Å²) < 4.78 is 0. The molecule has 2 rings (SSSR count). The molecule has 1 aromatic carbocycles. The largest absolute Gasteiger partial charge is 0.508 e. The van der Waals surface area contributed by atoms with Gasteiger partial charge in [0.2, 0.25) is 0 Å². The van der Waals surface area contributed by atoms with Gasteiger partial charge in [0.05, 0.1) is 0 Å². The summed E-state index contributed by atoms with van der Waals surface area (Å²) in [6.45, 7) is 4.49. The van der Waals surface area contributed by atoms with E-state index in [-0.39, 0.29) is 6.04 Å². The molecule has 100 valence electrons. The second-order valence-electron chi connectivity index (χ2n) is 5.46. The Morgan fingerprint density at radius 2 is 2.11 bits per heavy atom. The fraction of sp³-hybridized carbons (Fsp3) is 0.600. The Morgan fingerprint density at radius 3 is 2.78 bits per heavy atom. The van der Waals surface area contributed by atoms with Gasteiger partial charge in [-0.2, -0.15) is 0 Å². The monoisotopic (exact) mass is 248 g/mol. The molecule has 3 nitrogen and oxygen atoms in total. The maximum absolute atomic E-state index is 9.94. The van der Waals surface area contributed by atoms with Crippen molar-refractivity contribution in [3.8, 4) is 5.75 Å². The summed E-state index contributed by atoms with van der Waals surface area (Å²) in [5.41, 5.74) is 1.02. The van der Waals surface area contributed by atoms with Crippen LogP contribution in [0.3, 0.4) is 0 Å². The molecule has 1 heterocycles. The van der Waals surface area contributed by atoms with Crippen LogP contribution in [0.2, 0.25) is 0 Å². The number of benzene rings is 1. The van der Waals surface area contributed by atoms with Crippen molar-refractivity contribution >= 4 is 0 Å². The van der Waals surface area contributed by atoms with Gasteiger partial charge in [0.25, 0.3) is 0 Å². The number of nitrogens with zero attached hydrogens (tertiary/aromatic N) is 2. The quantitative estimate of drug-likeness (QED) is 0.890. The predicted molar refractivity (Wildman–Crippen MR) is 74.8 cm³/mol. The van der Waals surface area contributed by atoms with Crippen LogP contribution in [0.25, 0.3) is 0 Å². The average molecular weight is 248 g/mol. The second kappa shape index (κ2) is 5.72. The lowest BCUT2D eigenvalue weighted by atomic mass is 10.00. The molecule has 1 saturated heterocycles. The van der Waals surface area contributed by atoms with Gasteiger partial charge in [0.15, 0.2) is 0 Å². The maximum Gasteiger partial charge on any atom is 0.120 e. The minimum Gasteiger partial charge on any atom is -0.508 e.